The van der Waals surface area contributed by atoms with Crippen molar-refractivity contribution in [3.05, 3.63) is 83.9 Å². The lowest BCUT2D eigenvalue weighted by molar-refractivity contribution is 0.122. The van der Waals surface area contributed by atoms with Gasteiger partial charge in [-0.2, -0.15) is 0 Å². The molecular weight excluding hydrogens is 386 g/mol. The first-order valence-electron chi connectivity index (χ1n) is 10.8. The van der Waals surface area contributed by atoms with Crippen molar-refractivity contribution in [2.45, 2.75) is 20.0 Å². The number of rotatable bonds is 6. The number of aryl methyl sites for hydroxylation is 1. The van der Waals surface area contributed by atoms with Crippen LogP contribution in [0.15, 0.2) is 67.3 Å². The summed E-state index contributed by atoms with van der Waals surface area (Å²) in [7, 11) is 0. The van der Waals surface area contributed by atoms with Crippen LogP contribution in [0.4, 0.5) is 5.82 Å². The number of nitrogens with one attached hydrogen (secondary N) is 1. The maximum atomic E-state index is 5.56. The largest absolute Gasteiger partial charge is 0.378 e. The number of ether oxygens (including phenoxy) is 1. The van der Waals surface area contributed by atoms with Crippen LogP contribution in [0, 0.1) is 6.92 Å². The third-order valence-electron chi connectivity index (χ3n) is 5.74. The van der Waals surface area contributed by atoms with Crippen molar-refractivity contribution in [2.24, 2.45) is 0 Å². The average Bonchev–Trinajstić information content (AvgIpc) is 3.34. The number of pyridine rings is 1. The van der Waals surface area contributed by atoms with Gasteiger partial charge in [-0.1, -0.05) is 30.3 Å². The highest BCUT2D eigenvalue weighted by Gasteiger charge is 2.17. The van der Waals surface area contributed by atoms with Crippen LogP contribution in [0.25, 0.3) is 16.6 Å². The van der Waals surface area contributed by atoms with E-state index >= 15 is 0 Å². The Labute approximate surface area is 182 Å². The van der Waals surface area contributed by atoms with Gasteiger partial charge in [0.15, 0.2) is 0 Å². The Balaban J connectivity index is 1.40. The standard InChI is InChI=1S/C25H27N5O/c1-19-6-7-20-15-22(25(28-23(20)14-19)29-10-12-31-13-11-29)17-27-16-21-4-2-3-5-24(21)30-9-8-26-18-30/h2-9,14-15,18,27H,10-13,16-17H2,1H3. The monoisotopic (exact) mass is 413 g/mol. The lowest BCUT2D eigenvalue weighted by atomic mass is 10.1. The van der Waals surface area contributed by atoms with E-state index in [1.165, 1.54) is 22.1 Å². The van der Waals surface area contributed by atoms with Crippen LogP contribution in [0.2, 0.25) is 0 Å². The van der Waals surface area contributed by atoms with Gasteiger partial charge in [0.05, 0.1) is 30.7 Å². The number of para-hydroxylation sites is 1. The molecule has 1 N–H and O–H groups in total. The van der Waals surface area contributed by atoms with Crippen LogP contribution >= 0.6 is 0 Å². The second kappa shape index (κ2) is 8.88. The molecule has 1 saturated heterocycles. The van der Waals surface area contributed by atoms with Gasteiger partial charge < -0.3 is 19.5 Å². The minimum absolute atomic E-state index is 0.749. The van der Waals surface area contributed by atoms with Gasteiger partial charge in [0.1, 0.15) is 5.82 Å². The number of hydrogen-bond acceptors (Lipinski definition) is 5. The molecule has 6 nitrogen and oxygen atoms in total. The molecule has 1 aliphatic rings. The fourth-order valence-electron chi connectivity index (χ4n) is 4.14. The lowest BCUT2D eigenvalue weighted by Gasteiger charge is -2.30. The Morgan fingerprint density at radius 1 is 1.00 bits per heavy atom. The van der Waals surface area contributed by atoms with E-state index in [1.807, 2.05) is 12.5 Å². The van der Waals surface area contributed by atoms with Gasteiger partial charge in [-0.3, -0.25) is 0 Å². The van der Waals surface area contributed by atoms with Gasteiger partial charge >= 0.3 is 0 Å². The maximum Gasteiger partial charge on any atom is 0.133 e. The summed E-state index contributed by atoms with van der Waals surface area (Å²) in [4.78, 5) is 11.6. The minimum atomic E-state index is 0.749. The zero-order chi connectivity index (χ0) is 21.0. The summed E-state index contributed by atoms with van der Waals surface area (Å²) in [5.74, 6) is 1.07. The number of hydrogen-bond donors (Lipinski definition) is 1. The normalized spacial score (nSPS) is 14.3. The molecular formula is C25H27N5O. The van der Waals surface area contributed by atoms with Gasteiger partial charge in [-0.05, 0) is 36.2 Å². The van der Waals surface area contributed by atoms with Crippen LogP contribution in [-0.4, -0.2) is 40.8 Å². The molecule has 31 heavy (non-hydrogen) atoms. The van der Waals surface area contributed by atoms with E-state index in [4.69, 9.17) is 9.72 Å². The predicted octanol–water partition coefficient (Wildman–Crippen LogP) is 3.86. The van der Waals surface area contributed by atoms with Crippen molar-refractivity contribution < 1.29 is 4.74 Å². The topological polar surface area (TPSA) is 55.2 Å². The fraction of sp³-hybridized carbons (Fsp3) is 0.280. The predicted molar refractivity (Wildman–Crippen MR) is 124 cm³/mol. The highest BCUT2D eigenvalue weighted by Crippen LogP contribution is 2.25. The Morgan fingerprint density at radius 2 is 1.84 bits per heavy atom. The molecule has 3 heterocycles. The van der Waals surface area contributed by atoms with E-state index < -0.39 is 0 Å². The Kier molecular flexibility index (Phi) is 5.65. The molecule has 0 bridgehead atoms. The van der Waals surface area contributed by atoms with E-state index in [0.29, 0.717) is 0 Å². The van der Waals surface area contributed by atoms with E-state index in [2.05, 4.69) is 75.2 Å². The second-order valence-corrected chi connectivity index (χ2v) is 7.97. The Morgan fingerprint density at radius 3 is 2.68 bits per heavy atom. The molecule has 0 saturated carbocycles. The summed E-state index contributed by atoms with van der Waals surface area (Å²) in [5.41, 5.74) is 5.88. The van der Waals surface area contributed by atoms with Crippen molar-refractivity contribution in [2.75, 3.05) is 31.2 Å². The summed E-state index contributed by atoms with van der Waals surface area (Å²) in [6.45, 7) is 6.88. The summed E-state index contributed by atoms with van der Waals surface area (Å²) in [6, 6.07) is 17.2. The minimum Gasteiger partial charge on any atom is -0.378 e. The third kappa shape index (κ3) is 4.31. The number of morpholine rings is 1. The first-order valence-corrected chi connectivity index (χ1v) is 10.8. The van der Waals surface area contributed by atoms with Crippen LogP contribution in [0.3, 0.4) is 0 Å². The summed E-state index contributed by atoms with van der Waals surface area (Å²) in [5, 5.41) is 4.82. The number of anilines is 1. The molecule has 0 radical (unpaired) electrons. The van der Waals surface area contributed by atoms with E-state index in [1.54, 1.807) is 6.20 Å². The maximum absolute atomic E-state index is 5.56. The molecule has 0 unspecified atom stereocenters. The molecule has 1 aliphatic heterocycles. The molecule has 0 spiro atoms. The van der Waals surface area contributed by atoms with E-state index in [0.717, 1.165) is 56.4 Å². The molecule has 5 rings (SSSR count). The zero-order valence-corrected chi connectivity index (χ0v) is 17.8. The molecule has 0 atom stereocenters. The number of imidazole rings is 1. The van der Waals surface area contributed by atoms with Crippen molar-refractivity contribution in [3.63, 3.8) is 0 Å². The number of nitrogens with zero attached hydrogens (tertiary/aromatic N) is 4. The van der Waals surface area contributed by atoms with Crippen LogP contribution in [0.1, 0.15) is 16.7 Å². The summed E-state index contributed by atoms with van der Waals surface area (Å²) in [6.07, 6.45) is 5.62. The molecule has 1 fully saturated rings. The van der Waals surface area contributed by atoms with Crippen molar-refractivity contribution in [1.29, 1.82) is 0 Å². The van der Waals surface area contributed by atoms with Crippen molar-refractivity contribution in [3.8, 4) is 5.69 Å². The quantitative estimate of drug-likeness (QED) is 0.520. The molecule has 4 aromatic rings. The highest BCUT2D eigenvalue weighted by molar-refractivity contribution is 5.82. The van der Waals surface area contributed by atoms with Crippen LogP contribution < -0.4 is 10.2 Å². The SMILES string of the molecule is Cc1ccc2cc(CNCc3ccccc3-n3ccnc3)c(N3CCOCC3)nc2c1. The molecule has 6 heteroatoms. The smallest absolute Gasteiger partial charge is 0.133 e. The molecule has 0 aliphatic carbocycles. The summed E-state index contributed by atoms with van der Waals surface area (Å²) < 4.78 is 7.61. The molecule has 2 aromatic heterocycles. The van der Waals surface area contributed by atoms with Crippen LogP contribution in [0.5, 0.6) is 0 Å². The zero-order valence-electron chi connectivity index (χ0n) is 17.8. The molecule has 158 valence electrons. The molecule has 2 aromatic carbocycles. The number of benzene rings is 2. The number of aromatic nitrogens is 3. The van der Waals surface area contributed by atoms with Gasteiger partial charge in [0.25, 0.3) is 0 Å². The highest BCUT2D eigenvalue weighted by atomic mass is 16.5. The first kappa shape index (κ1) is 19.7. The first-order chi connectivity index (χ1) is 15.3. The van der Waals surface area contributed by atoms with Gasteiger partial charge in [-0.25, -0.2) is 9.97 Å². The van der Waals surface area contributed by atoms with Crippen LogP contribution in [-0.2, 0) is 17.8 Å². The van der Waals surface area contributed by atoms with E-state index in [9.17, 15) is 0 Å². The second-order valence-electron chi connectivity index (χ2n) is 7.97. The van der Waals surface area contributed by atoms with Gasteiger partial charge in [0, 0.05) is 49.5 Å². The third-order valence-corrected chi connectivity index (χ3v) is 5.74. The lowest BCUT2D eigenvalue weighted by Crippen LogP contribution is -2.37. The van der Waals surface area contributed by atoms with Gasteiger partial charge in [0.2, 0.25) is 0 Å². The average molecular weight is 414 g/mol. The van der Waals surface area contributed by atoms with Gasteiger partial charge in [-0.15, -0.1) is 0 Å². The number of fused-ring (bicyclic) bond motifs is 1. The van der Waals surface area contributed by atoms with E-state index in [-0.39, 0.29) is 0 Å². The Hall–Kier alpha value is -3.22. The van der Waals surface area contributed by atoms with Crippen molar-refractivity contribution >= 4 is 16.7 Å². The molecule has 0 amide bonds. The van der Waals surface area contributed by atoms with Crippen molar-refractivity contribution in [1.82, 2.24) is 19.9 Å². The fourth-order valence-corrected chi connectivity index (χ4v) is 4.14. The Bertz CT molecular complexity index is 1170. The summed E-state index contributed by atoms with van der Waals surface area (Å²) >= 11 is 0.